The van der Waals surface area contributed by atoms with Gasteiger partial charge in [0.05, 0.1) is 12.4 Å². The van der Waals surface area contributed by atoms with Gasteiger partial charge in [0, 0.05) is 93.5 Å². The third kappa shape index (κ3) is 17.6. The lowest BCUT2D eigenvalue weighted by atomic mass is 10.1. The number of fused-ring (bicyclic) bond motifs is 2. The number of nitrogens with one attached hydrogen (secondary N) is 2. The molecule has 7 heterocycles. The Morgan fingerprint density at radius 2 is 1.18 bits per heavy atom. The Labute approximate surface area is 418 Å². The van der Waals surface area contributed by atoms with Crippen LogP contribution < -0.4 is 16.4 Å². The average Bonchev–Trinajstić information content (AvgIpc) is 4.23. The number of hydrogen-bond acceptors (Lipinski definition) is 12. The molecule has 2 atom stereocenters. The van der Waals surface area contributed by atoms with Gasteiger partial charge < -0.3 is 40.7 Å². The van der Waals surface area contributed by atoms with E-state index < -0.39 is 49.7 Å². The van der Waals surface area contributed by atoms with Gasteiger partial charge in [0.15, 0.2) is 11.9 Å². The molecule has 2 fully saturated rings. The number of oxime groups is 1. The fraction of sp³-hybridized carbons (Fsp3) is 0.273. The SMILES string of the molecule is Cc1ccc(-c2noc(C3CCC(F)(F)CO3)n2)cc1NC(=O)c1cnc2ccccn12.Cc1ccc(/C(N)=N/O)cc1NC(=O)c1cnc2ccccn12.FF.FF.FF.FF.FF.O=C(O)C1CCC(F)(F)CO1. The molecule has 2 amide bonds. The number of imidazole rings is 2. The van der Waals surface area contributed by atoms with Crippen LogP contribution >= 0.6 is 0 Å². The number of ether oxygens (including phenoxy) is 2. The van der Waals surface area contributed by atoms with Crippen LogP contribution in [0.15, 0.2) is 107 Å². The van der Waals surface area contributed by atoms with Crippen molar-refractivity contribution in [2.24, 2.45) is 10.9 Å². The summed E-state index contributed by atoms with van der Waals surface area (Å²) in [5, 5.41) is 29.8. The Bertz CT molecular complexity index is 2930. The monoisotopic (exact) mass is 1100 g/mol. The summed E-state index contributed by atoms with van der Waals surface area (Å²) >= 11 is 0. The molecule has 5 aromatic heterocycles. The van der Waals surface area contributed by atoms with Gasteiger partial charge >= 0.3 is 5.97 Å². The Hall–Kier alpha value is -8.42. The number of carbonyl (C=O) groups is 3. The third-order valence-electron chi connectivity index (χ3n) is 10.5. The van der Waals surface area contributed by atoms with Crippen molar-refractivity contribution in [2.45, 2.75) is 63.6 Å². The molecule has 18 nitrogen and oxygen atoms in total. The molecular weight excluding hydrogens is 1060 g/mol. The highest BCUT2D eigenvalue weighted by molar-refractivity contribution is 6.05. The molecule has 0 bridgehead atoms. The van der Waals surface area contributed by atoms with Crippen molar-refractivity contribution in [3.8, 4) is 11.4 Å². The predicted molar refractivity (Wildman–Crippen MR) is 240 cm³/mol. The topological polar surface area (TPSA) is 246 Å². The first-order chi connectivity index (χ1) is 36.5. The van der Waals surface area contributed by atoms with Crippen LogP contribution in [0.5, 0.6) is 0 Å². The lowest BCUT2D eigenvalue weighted by Crippen LogP contribution is -2.38. The number of aryl methyl sites for hydroxylation is 2. The number of alkyl halides is 4. The van der Waals surface area contributed by atoms with Crippen molar-refractivity contribution < 1.29 is 102 Å². The average molecular weight is 1100 g/mol. The normalized spacial score (nSPS) is 15.8. The number of aliphatic carboxylic acids is 1. The van der Waals surface area contributed by atoms with Crippen molar-refractivity contribution >= 4 is 46.3 Å². The molecule has 32 heteroatoms. The number of benzene rings is 2. The van der Waals surface area contributed by atoms with Crippen LogP contribution in [0.25, 0.3) is 22.7 Å². The van der Waals surface area contributed by atoms with E-state index in [2.05, 4.69) is 40.6 Å². The maximum atomic E-state index is 13.3. The molecule has 2 aliphatic rings. The smallest absolute Gasteiger partial charge is 0.332 e. The van der Waals surface area contributed by atoms with E-state index in [4.69, 9.17) is 71.0 Å². The number of halogens is 14. The minimum atomic E-state index is -2.84. The quantitative estimate of drug-likeness (QED) is 0.0313. The van der Waals surface area contributed by atoms with Gasteiger partial charge in [-0.1, -0.05) is 46.7 Å². The van der Waals surface area contributed by atoms with Crippen molar-refractivity contribution in [2.75, 3.05) is 23.8 Å². The van der Waals surface area contributed by atoms with Crippen LogP contribution in [0.2, 0.25) is 0 Å². The van der Waals surface area contributed by atoms with E-state index >= 15 is 0 Å². The maximum Gasteiger partial charge on any atom is 0.332 e. The lowest BCUT2D eigenvalue weighted by Gasteiger charge is -2.26. The second-order valence-corrected chi connectivity index (χ2v) is 15.3. The summed E-state index contributed by atoms with van der Waals surface area (Å²) in [4.78, 5) is 48.3. The van der Waals surface area contributed by atoms with Crippen molar-refractivity contribution in [1.82, 2.24) is 28.9 Å². The van der Waals surface area contributed by atoms with Crippen LogP contribution in [0.4, 0.5) is 74.7 Å². The first kappa shape index (κ1) is 63.7. The number of carbonyl (C=O) groups excluding carboxylic acids is 2. The van der Waals surface area contributed by atoms with Gasteiger partial charge in [-0.25, -0.2) is 32.3 Å². The summed E-state index contributed by atoms with van der Waals surface area (Å²) in [6, 6.07) is 21.5. The van der Waals surface area contributed by atoms with Crippen LogP contribution in [0, 0.1) is 13.8 Å². The summed E-state index contributed by atoms with van der Waals surface area (Å²) in [6.07, 6.45) is 4.18. The molecule has 0 radical (unpaired) electrons. The van der Waals surface area contributed by atoms with E-state index in [-0.39, 0.29) is 48.6 Å². The van der Waals surface area contributed by atoms with Crippen molar-refractivity contribution in [3.63, 3.8) is 0 Å². The molecule has 76 heavy (non-hydrogen) atoms. The maximum absolute atomic E-state index is 13.3. The van der Waals surface area contributed by atoms with Crippen LogP contribution in [0.3, 0.4) is 0 Å². The number of carboxylic acids is 1. The third-order valence-corrected chi connectivity index (χ3v) is 10.5. The summed E-state index contributed by atoms with van der Waals surface area (Å²) < 4.78 is 150. The molecule has 0 aliphatic carbocycles. The van der Waals surface area contributed by atoms with Gasteiger partial charge in [-0.2, -0.15) is 4.98 Å². The highest BCUT2D eigenvalue weighted by Crippen LogP contribution is 2.36. The number of carboxylic acid groups (broad SMARTS) is 1. The number of amides is 2. The molecule has 2 saturated heterocycles. The van der Waals surface area contributed by atoms with Gasteiger partial charge in [0.1, 0.15) is 42.0 Å². The van der Waals surface area contributed by atoms with Crippen molar-refractivity contribution in [1.29, 1.82) is 0 Å². The van der Waals surface area contributed by atoms with E-state index in [0.29, 0.717) is 45.2 Å². The molecule has 2 aromatic carbocycles. The molecule has 414 valence electrons. The number of aromatic nitrogens is 6. The fourth-order valence-corrected chi connectivity index (χ4v) is 6.76. The zero-order chi connectivity index (χ0) is 57.2. The second-order valence-electron chi connectivity index (χ2n) is 15.3. The van der Waals surface area contributed by atoms with Crippen LogP contribution in [0.1, 0.15) is 75.3 Å². The zero-order valence-corrected chi connectivity index (χ0v) is 39.0. The van der Waals surface area contributed by atoms with E-state index in [9.17, 15) is 31.9 Å². The standard InChI is InChI=1S/C22H19F2N5O3.C16H15N5O2.C6H8F2O3.5F2/c1-13-5-6-14(19-27-21(32-28-19)17-7-8-22(23,24)12-31-17)10-15(13)26-20(30)16-11-25-18-4-2-3-9-29(16)18;1-10-5-6-11(15(17)20-23)8-12(10)19-16(22)13-9-18-14-4-2-3-7-21(13)14;7-6(8)2-1-4(5(9)10)11-3-6;5*1-2/h2-6,9-11,17H,7-8,12H2,1H3,(H,26,30);2-9,23H,1H3,(H2,17,20)(H,19,22);4H,1-3H2,(H,9,10);;;;;. The fourth-order valence-electron chi connectivity index (χ4n) is 6.76. The van der Waals surface area contributed by atoms with Gasteiger partial charge in [-0.05, 0) is 74.2 Å². The minimum absolute atomic E-state index is 0.0182. The number of nitrogens with two attached hydrogens (primary N) is 1. The Morgan fingerprint density at radius 3 is 1.64 bits per heavy atom. The Balaban J connectivity index is 0.000000392. The molecule has 7 aromatic rings. The predicted octanol–water partition coefficient (Wildman–Crippen LogP) is 11.5. The number of pyridine rings is 2. The molecule has 0 spiro atoms. The summed E-state index contributed by atoms with van der Waals surface area (Å²) in [5.41, 5.74) is 11.8. The van der Waals surface area contributed by atoms with Gasteiger partial charge in [0.2, 0.25) is 5.82 Å². The molecule has 2 aliphatic heterocycles. The summed E-state index contributed by atoms with van der Waals surface area (Å²) in [6.45, 7) is 2.29. The molecule has 9 rings (SSSR count). The second kappa shape index (κ2) is 31.3. The van der Waals surface area contributed by atoms with E-state index in [1.54, 1.807) is 51.5 Å². The van der Waals surface area contributed by atoms with Crippen molar-refractivity contribution in [3.05, 3.63) is 132 Å². The lowest BCUT2D eigenvalue weighted by molar-refractivity contribution is -0.175. The van der Waals surface area contributed by atoms with Gasteiger partial charge in [0.25, 0.3) is 29.6 Å². The number of hydrogen-bond donors (Lipinski definition) is 5. The zero-order valence-electron chi connectivity index (χ0n) is 39.0. The Kier molecular flexibility index (Phi) is 26.3. The van der Waals surface area contributed by atoms with Gasteiger partial charge in [-0.3, -0.25) is 18.4 Å². The molecule has 2 unspecified atom stereocenters. The number of anilines is 2. The number of nitrogens with zero attached hydrogens (tertiary/aromatic N) is 7. The van der Waals surface area contributed by atoms with Crippen LogP contribution in [-0.2, 0) is 14.3 Å². The number of amidine groups is 1. The number of rotatable bonds is 8. The molecule has 0 saturated carbocycles. The summed E-state index contributed by atoms with van der Waals surface area (Å²) in [7, 11) is 0. The molecular formula is C44H42F14N10O8. The first-order valence-electron chi connectivity index (χ1n) is 20.9. The van der Waals surface area contributed by atoms with E-state index in [0.717, 1.165) is 11.1 Å². The minimum Gasteiger partial charge on any atom is -0.479 e. The molecule has 6 N–H and O–H groups in total. The highest BCUT2D eigenvalue weighted by Gasteiger charge is 2.39. The van der Waals surface area contributed by atoms with E-state index in [1.165, 1.54) is 12.4 Å². The Morgan fingerprint density at radius 1 is 0.697 bits per heavy atom. The van der Waals surface area contributed by atoms with Crippen LogP contribution in [-0.4, -0.2) is 94.0 Å². The summed E-state index contributed by atoms with van der Waals surface area (Å²) in [5.74, 6) is -7.01. The van der Waals surface area contributed by atoms with Gasteiger partial charge in [-0.15, -0.1) is 0 Å². The highest BCUT2D eigenvalue weighted by atomic mass is 20.0. The largest absolute Gasteiger partial charge is 0.479 e. The van der Waals surface area contributed by atoms with E-state index in [1.807, 2.05) is 56.3 Å². The first-order valence-corrected chi connectivity index (χ1v) is 20.9.